The molecule has 0 fully saturated rings. The Morgan fingerprint density at radius 2 is 1.24 bits per heavy atom. The van der Waals surface area contributed by atoms with Crippen LogP contribution in [-0.4, -0.2) is 11.8 Å². The van der Waals surface area contributed by atoms with E-state index in [9.17, 15) is 18.4 Å². The van der Waals surface area contributed by atoms with Crippen LogP contribution in [0.2, 0.25) is 15.1 Å². The lowest BCUT2D eigenvalue weighted by molar-refractivity contribution is -0.113. The fourth-order valence-corrected chi connectivity index (χ4v) is 4.72. The van der Waals surface area contributed by atoms with E-state index in [0.717, 1.165) is 12.1 Å². The topological polar surface area (TPSA) is 70.2 Å². The van der Waals surface area contributed by atoms with Crippen molar-refractivity contribution in [3.8, 4) is 0 Å². The molecule has 0 unspecified atom stereocenters. The van der Waals surface area contributed by atoms with Gasteiger partial charge >= 0.3 is 0 Å². The summed E-state index contributed by atoms with van der Waals surface area (Å²) in [5, 5.41) is 8.68. The second-order valence-electron chi connectivity index (χ2n) is 8.36. The number of amides is 2. The molecule has 5 nitrogen and oxygen atoms in total. The summed E-state index contributed by atoms with van der Waals surface area (Å²) in [5.41, 5.74) is 2.66. The minimum Gasteiger partial charge on any atom is -0.362 e. The number of rotatable bonds is 5. The van der Waals surface area contributed by atoms with Crippen molar-refractivity contribution in [3.05, 3.63) is 115 Å². The second kappa shape index (κ2) is 10.9. The van der Waals surface area contributed by atoms with Crippen LogP contribution >= 0.6 is 34.8 Å². The van der Waals surface area contributed by atoms with E-state index in [1.165, 1.54) is 24.3 Å². The SMILES string of the molecule is CC1=C(C(=O)Nc2ccc(F)c(Cl)c2)C(c2cccc(Cl)c2)C(C(=O)Nc2ccc(F)c(Cl)c2)=C(C)N1. The Morgan fingerprint density at radius 1 is 0.757 bits per heavy atom. The minimum atomic E-state index is -0.827. The third kappa shape index (κ3) is 5.80. The van der Waals surface area contributed by atoms with Gasteiger partial charge in [-0.15, -0.1) is 0 Å². The number of anilines is 2. The molecule has 3 aromatic rings. The lowest BCUT2D eigenvalue weighted by atomic mass is 9.79. The van der Waals surface area contributed by atoms with Gasteiger partial charge in [-0.25, -0.2) is 8.78 Å². The summed E-state index contributed by atoms with van der Waals surface area (Å²) in [7, 11) is 0. The van der Waals surface area contributed by atoms with Crippen molar-refractivity contribution in [2.75, 3.05) is 10.6 Å². The van der Waals surface area contributed by atoms with Crippen molar-refractivity contribution in [1.29, 1.82) is 0 Å². The molecule has 0 aliphatic carbocycles. The zero-order chi connectivity index (χ0) is 26.9. The second-order valence-corrected chi connectivity index (χ2v) is 9.61. The summed E-state index contributed by atoms with van der Waals surface area (Å²) < 4.78 is 27.3. The number of hydrogen-bond donors (Lipinski definition) is 3. The highest BCUT2D eigenvalue weighted by Gasteiger charge is 2.36. The number of carbonyl (C=O) groups is 2. The van der Waals surface area contributed by atoms with E-state index in [1.807, 2.05) is 0 Å². The van der Waals surface area contributed by atoms with Gasteiger partial charge < -0.3 is 16.0 Å². The van der Waals surface area contributed by atoms with Gasteiger partial charge in [-0.1, -0.05) is 46.9 Å². The van der Waals surface area contributed by atoms with E-state index in [2.05, 4.69) is 16.0 Å². The van der Waals surface area contributed by atoms with Crippen LogP contribution in [0.4, 0.5) is 20.2 Å². The van der Waals surface area contributed by atoms with E-state index in [0.29, 0.717) is 22.0 Å². The first-order chi connectivity index (χ1) is 17.5. The lowest BCUT2D eigenvalue weighted by Crippen LogP contribution is -2.35. The maximum atomic E-state index is 13.6. The molecular weight excluding hydrogens is 543 g/mol. The molecule has 10 heteroatoms. The highest BCUT2D eigenvalue weighted by atomic mass is 35.5. The van der Waals surface area contributed by atoms with Gasteiger partial charge in [0.15, 0.2) is 0 Å². The molecule has 0 bridgehead atoms. The van der Waals surface area contributed by atoms with Crippen LogP contribution in [-0.2, 0) is 9.59 Å². The van der Waals surface area contributed by atoms with Crippen LogP contribution in [0, 0.1) is 11.6 Å². The zero-order valence-electron chi connectivity index (χ0n) is 19.6. The molecule has 0 saturated heterocycles. The zero-order valence-corrected chi connectivity index (χ0v) is 21.8. The normalized spacial score (nSPS) is 13.9. The van der Waals surface area contributed by atoms with Gasteiger partial charge in [0.1, 0.15) is 11.6 Å². The highest BCUT2D eigenvalue weighted by Crippen LogP contribution is 2.40. The van der Waals surface area contributed by atoms with Gasteiger partial charge in [0.05, 0.1) is 10.0 Å². The molecule has 0 aromatic heterocycles. The molecule has 190 valence electrons. The monoisotopic (exact) mass is 561 g/mol. The largest absolute Gasteiger partial charge is 0.362 e. The van der Waals surface area contributed by atoms with Gasteiger partial charge in [0.2, 0.25) is 0 Å². The predicted octanol–water partition coefficient (Wildman–Crippen LogP) is 7.44. The van der Waals surface area contributed by atoms with Crippen molar-refractivity contribution >= 4 is 58.0 Å². The molecular formula is C27H20Cl3F2N3O2. The molecule has 3 N–H and O–H groups in total. The Morgan fingerprint density at radius 3 is 1.68 bits per heavy atom. The summed E-state index contributed by atoms with van der Waals surface area (Å²) in [5.74, 6) is -3.12. The third-order valence-corrected chi connectivity index (χ3v) is 6.60. The van der Waals surface area contributed by atoms with Gasteiger partial charge in [-0.2, -0.15) is 0 Å². The van der Waals surface area contributed by atoms with Crippen LogP contribution in [0.1, 0.15) is 25.3 Å². The summed E-state index contributed by atoms with van der Waals surface area (Å²) in [4.78, 5) is 27.1. The summed E-state index contributed by atoms with van der Waals surface area (Å²) in [6, 6.07) is 14.5. The van der Waals surface area contributed by atoms with Crippen molar-refractivity contribution < 1.29 is 18.4 Å². The number of carbonyl (C=O) groups excluding carboxylic acids is 2. The van der Waals surface area contributed by atoms with Crippen LogP contribution in [0.5, 0.6) is 0 Å². The average Bonchev–Trinajstić information content (AvgIpc) is 2.83. The molecule has 1 heterocycles. The molecule has 4 rings (SSSR count). The Bertz CT molecular complexity index is 1400. The summed E-state index contributed by atoms with van der Waals surface area (Å²) in [6.07, 6.45) is 0. The van der Waals surface area contributed by atoms with Crippen LogP contribution in [0.25, 0.3) is 0 Å². The third-order valence-electron chi connectivity index (χ3n) is 5.79. The van der Waals surface area contributed by atoms with Crippen LogP contribution in [0.15, 0.2) is 83.2 Å². The Labute approximate surface area is 227 Å². The van der Waals surface area contributed by atoms with Crippen molar-refractivity contribution in [2.45, 2.75) is 19.8 Å². The lowest BCUT2D eigenvalue weighted by Gasteiger charge is -2.31. The van der Waals surface area contributed by atoms with Gasteiger partial charge in [-0.3, -0.25) is 9.59 Å². The van der Waals surface area contributed by atoms with Crippen LogP contribution < -0.4 is 16.0 Å². The van der Waals surface area contributed by atoms with Gasteiger partial charge in [-0.05, 0) is 67.9 Å². The Balaban J connectivity index is 1.76. The molecule has 0 radical (unpaired) electrons. The number of halogens is 5. The Kier molecular flexibility index (Phi) is 7.87. The van der Waals surface area contributed by atoms with Crippen molar-refractivity contribution in [1.82, 2.24) is 5.32 Å². The number of dihydropyridines is 1. The quantitative estimate of drug-likeness (QED) is 0.303. The van der Waals surface area contributed by atoms with Crippen molar-refractivity contribution in [2.24, 2.45) is 0 Å². The molecule has 3 aromatic carbocycles. The van der Waals surface area contributed by atoms with E-state index < -0.39 is 29.4 Å². The number of benzene rings is 3. The minimum absolute atomic E-state index is 0.148. The maximum Gasteiger partial charge on any atom is 0.254 e. The van der Waals surface area contributed by atoms with Gasteiger partial charge in [0.25, 0.3) is 11.8 Å². The molecule has 1 aliphatic heterocycles. The van der Waals surface area contributed by atoms with Gasteiger partial charge in [0, 0.05) is 44.9 Å². The molecule has 37 heavy (non-hydrogen) atoms. The smallest absolute Gasteiger partial charge is 0.254 e. The van der Waals surface area contributed by atoms with E-state index >= 15 is 0 Å². The number of hydrogen-bond acceptors (Lipinski definition) is 3. The summed E-state index contributed by atoms with van der Waals surface area (Å²) >= 11 is 18.0. The maximum absolute atomic E-state index is 13.6. The molecule has 2 amide bonds. The summed E-state index contributed by atoms with van der Waals surface area (Å²) in [6.45, 7) is 3.42. The van der Waals surface area contributed by atoms with Crippen LogP contribution in [0.3, 0.4) is 0 Å². The predicted molar refractivity (Wildman–Crippen MR) is 143 cm³/mol. The molecule has 1 aliphatic rings. The molecule has 0 spiro atoms. The first kappa shape index (κ1) is 26.7. The van der Waals surface area contributed by atoms with E-state index in [-0.39, 0.29) is 32.6 Å². The first-order valence-electron chi connectivity index (χ1n) is 11.0. The van der Waals surface area contributed by atoms with E-state index in [4.69, 9.17) is 34.8 Å². The first-order valence-corrected chi connectivity index (χ1v) is 12.2. The average molecular weight is 563 g/mol. The number of allylic oxidation sites excluding steroid dienone is 2. The molecule has 0 saturated carbocycles. The number of nitrogens with one attached hydrogen (secondary N) is 3. The fraction of sp³-hybridized carbons (Fsp3) is 0.111. The van der Waals surface area contributed by atoms with E-state index in [1.54, 1.807) is 38.1 Å². The highest BCUT2D eigenvalue weighted by molar-refractivity contribution is 6.31. The molecule has 0 atom stereocenters. The van der Waals surface area contributed by atoms with Crippen molar-refractivity contribution in [3.63, 3.8) is 0 Å². The Hall–Kier alpha value is -3.39. The standard InChI is InChI=1S/C27H20Cl3F2N3O2/c1-13-23(26(36)34-17-6-8-21(31)19(29)11-17)25(15-4-3-5-16(28)10-15)24(14(2)33-13)27(37)35-18-7-9-22(32)20(30)12-18/h3-12,25,33H,1-2H3,(H,34,36)(H,35,37). The fourth-order valence-electron chi connectivity index (χ4n) is 4.16.